The van der Waals surface area contributed by atoms with Gasteiger partial charge in [0.25, 0.3) is 11.8 Å². The summed E-state index contributed by atoms with van der Waals surface area (Å²) in [5.74, 6) is -3.07. The number of carbonyl (C=O) groups excluding carboxylic acids is 3. The Morgan fingerprint density at radius 2 is 1.71 bits per heavy atom. The number of aromatic nitrogens is 3. The normalized spacial score (nSPS) is 12.0. The molecular formula is C24H19F2N5O3. The predicted molar refractivity (Wildman–Crippen MR) is 120 cm³/mol. The number of halogens is 2. The van der Waals surface area contributed by atoms with Crippen LogP contribution in [-0.4, -0.2) is 38.4 Å². The van der Waals surface area contributed by atoms with Crippen molar-refractivity contribution in [1.29, 1.82) is 0 Å². The Labute approximate surface area is 192 Å². The molecule has 0 saturated carbocycles. The summed E-state index contributed by atoms with van der Waals surface area (Å²) in [5, 5.41) is 7.00. The van der Waals surface area contributed by atoms with Gasteiger partial charge in [0.2, 0.25) is 5.78 Å². The summed E-state index contributed by atoms with van der Waals surface area (Å²) in [7, 11) is 0. The molecular weight excluding hydrogens is 444 g/mol. The van der Waals surface area contributed by atoms with Crippen LogP contribution in [-0.2, 0) is 16.0 Å². The van der Waals surface area contributed by atoms with Crippen LogP contribution < -0.4 is 11.1 Å². The average molecular weight is 463 g/mol. The quantitative estimate of drug-likeness (QED) is 0.390. The van der Waals surface area contributed by atoms with E-state index in [0.29, 0.717) is 26.7 Å². The molecule has 1 atom stereocenters. The number of Topliss-reactive ketones (excluding diaryl/α,β-unsaturated/α-hetero) is 1. The number of alkyl halides is 2. The van der Waals surface area contributed by atoms with Crippen LogP contribution in [0.1, 0.15) is 22.5 Å². The molecule has 0 saturated heterocycles. The van der Waals surface area contributed by atoms with Crippen molar-refractivity contribution in [2.24, 2.45) is 5.73 Å². The third-order valence-electron chi connectivity index (χ3n) is 5.23. The molecule has 2 heterocycles. The highest BCUT2D eigenvalue weighted by Crippen LogP contribution is 2.30. The van der Waals surface area contributed by atoms with Gasteiger partial charge in [0.15, 0.2) is 0 Å². The van der Waals surface area contributed by atoms with E-state index in [9.17, 15) is 23.2 Å². The Bertz CT molecular complexity index is 1370. The largest absolute Gasteiger partial charge is 0.363 e. The number of rotatable bonds is 8. The van der Waals surface area contributed by atoms with Crippen molar-refractivity contribution >= 4 is 28.5 Å². The summed E-state index contributed by atoms with van der Waals surface area (Å²) in [6.45, 7) is -3.00. The number of ketones is 1. The lowest BCUT2D eigenvalue weighted by atomic mass is 10.00. The van der Waals surface area contributed by atoms with Gasteiger partial charge in [-0.2, -0.15) is 13.9 Å². The van der Waals surface area contributed by atoms with Crippen molar-refractivity contribution < 1.29 is 23.2 Å². The maximum Gasteiger partial charge on any atom is 0.333 e. The van der Waals surface area contributed by atoms with Crippen LogP contribution in [0.5, 0.6) is 0 Å². The van der Waals surface area contributed by atoms with Crippen molar-refractivity contribution in [2.75, 3.05) is 0 Å². The smallest absolute Gasteiger partial charge is 0.333 e. The van der Waals surface area contributed by atoms with Crippen LogP contribution in [0.4, 0.5) is 8.78 Å². The second-order valence-corrected chi connectivity index (χ2v) is 7.47. The molecule has 4 rings (SSSR count). The predicted octanol–water partition coefficient (Wildman–Crippen LogP) is 2.89. The lowest BCUT2D eigenvalue weighted by Crippen LogP contribution is -2.47. The number of nitrogens with one attached hydrogen (secondary N) is 1. The molecule has 0 spiro atoms. The molecule has 3 N–H and O–H groups in total. The van der Waals surface area contributed by atoms with Gasteiger partial charge in [-0.15, -0.1) is 0 Å². The van der Waals surface area contributed by atoms with Gasteiger partial charge in [-0.25, -0.2) is 4.68 Å². The summed E-state index contributed by atoms with van der Waals surface area (Å²) in [6.07, 6.45) is 2.37. The fourth-order valence-corrected chi connectivity index (χ4v) is 3.63. The van der Waals surface area contributed by atoms with Crippen LogP contribution in [0, 0.1) is 0 Å². The topological polar surface area (TPSA) is 120 Å². The van der Waals surface area contributed by atoms with Crippen molar-refractivity contribution in [1.82, 2.24) is 20.1 Å². The molecule has 4 aromatic rings. The number of hydrogen-bond acceptors (Lipinski definition) is 5. The van der Waals surface area contributed by atoms with Crippen LogP contribution in [0.15, 0.2) is 73.1 Å². The van der Waals surface area contributed by atoms with E-state index in [0.717, 1.165) is 6.20 Å². The monoisotopic (exact) mass is 463 g/mol. The molecule has 0 aliphatic heterocycles. The molecule has 172 valence electrons. The first-order valence-electron chi connectivity index (χ1n) is 10.2. The number of nitrogens with two attached hydrogens (primary N) is 1. The third kappa shape index (κ3) is 4.65. The fourth-order valence-electron chi connectivity index (χ4n) is 3.63. The molecule has 1 unspecified atom stereocenters. The molecule has 0 aliphatic rings. The van der Waals surface area contributed by atoms with E-state index in [-0.39, 0.29) is 17.7 Å². The number of amides is 2. The van der Waals surface area contributed by atoms with E-state index < -0.39 is 30.2 Å². The molecule has 2 aromatic carbocycles. The first-order chi connectivity index (χ1) is 16.3. The number of carbonyl (C=O) groups is 3. The number of hydrogen-bond donors (Lipinski definition) is 2. The molecule has 10 heteroatoms. The number of fused-ring (bicyclic) bond motifs is 1. The first kappa shape index (κ1) is 22.7. The van der Waals surface area contributed by atoms with Gasteiger partial charge < -0.3 is 11.1 Å². The van der Waals surface area contributed by atoms with E-state index in [1.165, 1.54) is 6.20 Å². The molecule has 2 aromatic heterocycles. The summed E-state index contributed by atoms with van der Waals surface area (Å²) in [6, 6.07) is 16.0. The highest BCUT2D eigenvalue weighted by Gasteiger charge is 2.29. The first-order valence-corrected chi connectivity index (χ1v) is 10.2. The van der Waals surface area contributed by atoms with Crippen molar-refractivity contribution in [3.05, 3.63) is 84.2 Å². The minimum atomic E-state index is -3.00. The van der Waals surface area contributed by atoms with Crippen molar-refractivity contribution in [3.63, 3.8) is 0 Å². The van der Waals surface area contributed by atoms with Gasteiger partial charge in [-0.05, 0) is 17.7 Å². The highest BCUT2D eigenvalue weighted by atomic mass is 19.3. The number of para-hydroxylation sites is 1. The lowest BCUT2D eigenvalue weighted by Gasteiger charge is -2.16. The standard InChI is InChI=1S/C24H19F2N5O3/c25-24(26)31-13-17(20(30-31)16-10-11-28-18-9-5-4-8-15(16)18)23(34)29-19(21(32)22(27)33)12-14-6-2-1-3-7-14/h1-11,13,19,24H,12H2,(H2,27,33)(H,29,34). The Balaban J connectivity index is 1.74. The molecule has 0 radical (unpaired) electrons. The molecule has 0 aliphatic carbocycles. The molecule has 2 amide bonds. The van der Waals surface area contributed by atoms with Gasteiger partial charge in [0, 0.05) is 29.8 Å². The van der Waals surface area contributed by atoms with E-state index >= 15 is 0 Å². The third-order valence-corrected chi connectivity index (χ3v) is 5.23. The van der Waals surface area contributed by atoms with Gasteiger partial charge in [-0.1, -0.05) is 48.5 Å². The van der Waals surface area contributed by atoms with Crippen LogP contribution >= 0.6 is 0 Å². The van der Waals surface area contributed by atoms with Gasteiger partial charge in [0.1, 0.15) is 11.7 Å². The summed E-state index contributed by atoms with van der Waals surface area (Å²) in [5.41, 5.74) is 6.64. The van der Waals surface area contributed by atoms with E-state index in [2.05, 4.69) is 15.4 Å². The average Bonchev–Trinajstić information content (AvgIpc) is 3.29. The number of nitrogens with zero attached hydrogens (tertiary/aromatic N) is 3. The van der Waals surface area contributed by atoms with Gasteiger partial charge >= 0.3 is 6.55 Å². The SMILES string of the molecule is NC(=O)C(=O)C(Cc1ccccc1)NC(=O)c1cn(C(F)F)nc1-c1ccnc2ccccc12. The molecule has 34 heavy (non-hydrogen) atoms. The second-order valence-electron chi connectivity index (χ2n) is 7.47. The van der Waals surface area contributed by atoms with Crippen LogP contribution in [0.3, 0.4) is 0 Å². The summed E-state index contributed by atoms with van der Waals surface area (Å²) >= 11 is 0. The zero-order valence-corrected chi connectivity index (χ0v) is 17.7. The van der Waals surface area contributed by atoms with E-state index in [1.807, 2.05) is 0 Å². The van der Waals surface area contributed by atoms with Crippen LogP contribution in [0.2, 0.25) is 0 Å². The Morgan fingerprint density at radius 3 is 2.41 bits per heavy atom. The number of benzene rings is 2. The molecule has 8 nitrogen and oxygen atoms in total. The van der Waals surface area contributed by atoms with E-state index in [4.69, 9.17) is 5.73 Å². The second kappa shape index (κ2) is 9.57. The fraction of sp³-hybridized carbons (Fsp3) is 0.125. The Morgan fingerprint density at radius 1 is 1.00 bits per heavy atom. The summed E-state index contributed by atoms with van der Waals surface area (Å²) in [4.78, 5) is 41.4. The minimum absolute atomic E-state index is 0.00907. The van der Waals surface area contributed by atoms with Crippen molar-refractivity contribution in [2.45, 2.75) is 19.0 Å². The highest BCUT2D eigenvalue weighted by molar-refractivity contribution is 6.38. The Hall–Kier alpha value is -4.47. The zero-order valence-electron chi connectivity index (χ0n) is 17.7. The number of pyridine rings is 1. The molecule has 0 bridgehead atoms. The molecule has 0 fully saturated rings. The minimum Gasteiger partial charge on any atom is -0.363 e. The zero-order chi connectivity index (χ0) is 24.2. The lowest BCUT2D eigenvalue weighted by molar-refractivity contribution is -0.137. The maximum atomic E-state index is 13.5. The number of primary amides is 1. The van der Waals surface area contributed by atoms with Gasteiger partial charge in [0.05, 0.1) is 11.1 Å². The van der Waals surface area contributed by atoms with Crippen LogP contribution in [0.25, 0.3) is 22.2 Å². The van der Waals surface area contributed by atoms with Crippen molar-refractivity contribution in [3.8, 4) is 11.3 Å². The van der Waals surface area contributed by atoms with E-state index in [1.54, 1.807) is 60.7 Å². The maximum absolute atomic E-state index is 13.5. The van der Waals surface area contributed by atoms with Gasteiger partial charge in [-0.3, -0.25) is 19.4 Å². The Kier molecular flexibility index (Phi) is 6.39. The summed E-state index contributed by atoms with van der Waals surface area (Å²) < 4.78 is 27.3.